The lowest BCUT2D eigenvalue weighted by Gasteiger charge is -2.41. The molecule has 4 atom stereocenters. The molecule has 0 radical (unpaired) electrons. The van der Waals surface area contributed by atoms with Crippen molar-refractivity contribution in [2.24, 2.45) is 11.8 Å². The van der Waals surface area contributed by atoms with Crippen LogP contribution in [-0.4, -0.2) is 40.0 Å². The van der Waals surface area contributed by atoms with Gasteiger partial charge in [0.15, 0.2) is 0 Å². The van der Waals surface area contributed by atoms with Crippen LogP contribution in [0.5, 0.6) is 0 Å². The number of carbonyl (C=O) groups is 2. The summed E-state index contributed by atoms with van der Waals surface area (Å²) in [6.45, 7) is 0.760. The molecule has 1 aliphatic carbocycles. The van der Waals surface area contributed by atoms with Crippen LogP contribution < -0.4 is 5.32 Å². The minimum Gasteiger partial charge on any atom is -0.480 e. The van der Waals surface area contributed by atoms with Gasteiger partial charge in [0, 0.05) is 15.2 Å². The van der Waals surface area contributed by atoms with E-state index in [9.17, 15) is 19.8 Å². The lowest BCUT2D eigenvalue weighted by Crippen LogP contribution is -2.49. The van der Waals surface area contributed by atoms with Crippen LogP contribution in [0.1, 0.15) is 36.0 Å². The van der Waals surface area contributed by atoms with Crippen LogP contribution in [0.4, 0.5) is 0 Å². The third kappa shape index (κ3) is 4.82. The summed E-state index contributed by atoms with van der Waals surface area (Å²) in [5, 5.41) is 22.5. The second kappa shape index (κ2) is 8.62. The summed E-state index contributed by atoms with van der Waals surface area (Å²) in [6.07, 6.45) is 3.63. The van der Waals surface area contributed by atoms with Gasteiger partial charge in [0.2, 0.25) is 0 Å². The Hall–Kier alpha value is -0.950. The van der Waals surface area contributed by atoms with Crippen molar-refractivity contribution in [1.82, 2.24) is 5.32 Å². The lowest BCUT2D eigenvalue weighted by atomic mass is 9.73. The number of nitrogens with one attached hydrogen (secondary N) is 1. The van der Waals surface area contributed by atoms with Crippen molar-refractivity contribution in [3.8, 4) is 0 Å². The SMILES string of the molecule is Cl.O=C(O)c1ccc(Cl)cc1SC1CCC2CNC(C(=O)O)CC2C1. The van der Waals surface area contributed by atoms with E-state index in [2.05, 4.69) is 5.32 Å². The second-order valence-electron chi connectivity index (χ2n) is 6.55. The van der Waals surface area contributed by atoms with Crippen LogP contribution in [0.2, 0.25) is 5.02 Å². The highest BCUT2D eigenvalue weighted by atomic mass is 35.5. The van der Waals surface area contributed by atoms with Gasteiger partial charge in [0.05, 0.1) is 5.56 Å². The highest BCUT2D eigenvalue weighted by Crippen LogP contribution is 2.43. The fourth-order valence-electron chi connectivity index (χ4n) is 3.77. The molecule has 0 aromatic heterocycles. The van der Waals surface area contributed by atoms with Gasteiger partial charge in [-0.25, -0.2) is 4.79 Å². The lowest BCUT2D eigenvalue weighted by molar-refractivity contribution is -0.141. The monoisotopic (exact) mass is 405 g/mol. The minimum atomic E-state index is -0.948. The summed E-state index contributed by atoms with van der Waals surface area (Å²) in [6, 6.07) is 4.39. The Bertz CT molecular complexity index is 658. The standard InChI is InChI=1S/C17H20ClNO4S.ClH/c18-11-2-4-13(16(20)21)15(7-11)24-12-3-1-9-8-19-14(17(22)23)6-10(9)5-12;/h2,4,7,9-10,12,14,19H,1,3,5-6,8H2,(H,20,21)(H,22,23);1H. The normalized spacial score (nSPS) is 28.5. The third-order valence-corrected chi connectivity index (χ3v) is 6.61. The van der Waals surface area contributed by atoms with E-state index in [0.717, 1.165) is 25.8 Å². The highest BCUT2D eigenvalue weighted by molar-refractivity contribution is 8.00. The Morgan fingerprint density at radius 3 is 2.60 bits per heavy atom. The number of thioether (sulfide) groups is 1. The zero-order valence-electron chi connectivity index (χ0n) is 13.5. The van der Waals surface area contributed by atoms with E-state index in [0.29, 0.717) is 33.4 Å². The molecular weight excluding hydrogens is 385 g/mol. The molecule has 3 N–H and O–H groups in total. The molecule has 0 amide bonds. The van der Waals surface area contributed by atoms with E-state index in [4.69, 9.17) is 11.6 Å². The first-order chi connectivity index (χ1) is 11.4. The van der Waals surface area contributed by atoms with Crippen LogP contribution in [0, 0.1) is 11.8 Å². The van der Waals surface area contributed by atoms with Gasteiger partial charge >= 0.3 is 11.9 Å². The van der Waals surface area contributed by atoms with Crippen LogP contribution in [-0.2, 0) is 4.79 Å². The summed E-state index contributed by atoms with van der Waals surface area (Å²) in [7, 11) is 0. The Labute approximate surface area is 161 Å². The van der Waals surface area contributed by atoms with Gasteiger partial charge in [-0.1, -0.05) is 11.6 Å². The molecule has 2 aliphatic rings. The van der Waals surface area contributed by atoms with Crippen molar-refractivity contribution in [2.45, 2.75) is 41.9 Å². The number of piperidine rings is 1. The van der Waals surface area contributed by atoms with Gasteiger partial charge in [-0.3, -0.25) is 4.79 Å². The molecule has 3 rings (SSSR count). The van der Waals surface area contributed by atoms with Gasteiger partial charge in [0.25, 0.3) is 0 Å². The third-order valence-electron chi connectivity index (χ3n) is 5.02. The van der Waals surface area contributed by atoms with Crippen LogP contribution >= 0.6 is 35.8 Å². The predicted octanol–water partition coefficient (Wildman–Crippen LogP) is 3.78. The fraction of sp³-hybridized carbons (Fsp3) is 0.529. The van der Waals surface area contributed by atoms with Crippen molar-refractivity contribution >= 4 is 47.7 Å². The van der Waals surface area contributed by atoms with Crippen molar-refractivity contribution < 1.29 is 19.8 Å². The Morgan fingerprint density at radius 2 is 1.92 bits per heavy atom. The Kier molecular flexibility index (Phi) is 7.02. The molecule has 8 heteroatoms. The molecule has 0 bridgehead atoms. The van der Waals surface area contributed by atoms with E-state index in [1.54, 1.807) is 30.0 Å². The van der Waals surface area contributed by atoms with Gasteiger partial charge in [-0.15, -0.1) is 24.2 Å². The molecular formula is C17H21Cl2NO4S. The number of hydrogen-bond acceptors (Lipinski definition) is 4. The van der Waals surface area contributed by atoms with E-state index >= 15 is 0 Å². The molecule has 5 nitrogen and oxygen atoms in total. The van der Waals surface area contributed by atoms with Gasteiger partial charge in [0.1, 0.15) is 6.04 Å². The average molecular weight is 406 g/mol. The summed E-state index contributed by atoms with van der Waals surface area (Å²) in [5.74, 6) is -0.830. The maximum Gasteiger partial charge on any atom is 0.336 e. The largest absolute Gasteiger partial charge is 0.480 e. The van der Waals surface area contributed by atoms with Crippen molar-refractivity contribution in [1.29, 1.82) is 0 Å². The molecule has 25 heavy (non-hydrogen) atoms. The van der Waals surface area contributed by atoms with Gasteiger partial charge in [-0.2, -0.15) is 0 Å². The predicted molar refractivity (Wildman–Crippen MR) is 100 cm³/mol. The average Bonchev–Trinajstić information content (AvgIpc) is 2.54. The topological polar surface area (TPSA) is 86.6 Å². The summed E-state index contributed by atoms with van der Waals surface area (Å²) >= 11 is 7.59. The quantitative estimate of drug-likeness (QED) is 0.706. The van der Waals surface area contributed by atoms with E-state index in [1.165, 1.54) is 0 Å². The van der Waals surface area contributed by atoms with Crippen molar-refractivity contribution in [3.63, 3.8) is 0 Å². The first kappa shape index (κ1) is 20.4. The maximum atomic E-state index is 11.4. The number of fused-ring (bicyclic) bond motifs is 1. The number of aliphatic carboxylic acids is 1. The number of carboxylic acid groups (broad SMARTS) is 2. The zero-order chi connectivity index (χ0) is 17.3. The van der Waals surface area contributed by atoms with E-state index < -0.39 is 18.0 Å². The molecule has 1 heterocycles. The summed E-state index contributed by atoms with van der Waals surface area (Å²) in [4.78, 5) is 23.3. The molecule has 1 saturated heterocycles. The van der Waals surface area contributed by atoms with E-state index in [-0.39, 0.29) is 18.0 Å². The number of hydrogen-bond donors (Lipinski definition) is 3. The molecule has 1 aliphatic heterocycles. The highest BCUT2D eigenvalue weighted by Gasteiger charge is 2.38. The van der Waals surface area contributed by atoms with Crippen molar-refractivity contribution in [3.05, 3.63) is 28.8 Å². The molecule has 138 valence electrons. The second-order valence-corrected chi connectivity index (χ2v) is 8.33. The smallest absolute Gasteiger partial charge is 0.336 e. The van der Waals surface area contributed by atoms with E-state index in [1.807, 2.05) is 0 Å². The molecule has 0 spiro atoms. The molecule has 1 aromatic carbocycles. The maximum absolute atomic E-state index is 11.4. The molecule has 2 fully saturated rings. The van der Waals surface area contributed by atoms with Crippen LogP contribution in [0.25, 0.3) is 0 Å². The Morgan fingerprint density at radius 1 is 1.16 bits per heavy atom. The number of aromatic carboxylic acids is 1. The Balaban J connectivity index is 0.00000225. The van der Waals surface area contributed by atoms with Crippen LogP contribution in [0.15, 0.2) is 23.1 Å². The number of rotatable bonds is 4. The van der Waals surface area contributed by atoms with Gasteiger partial charge < -0.3 is 15.5 Å². The molecule has 1 aromatic rings. The minimum absolute atomic E-state index is 0. The van der Waals surface area contributed by atoms with Crippen molar-refractivity contribution in [2.75, 3.05) is 6.54 Å². The number of benzene rings is 1. The summed E-state index contributed by atoms with van der Waals surface area (Å²) < 4.78 is 0. The molecule has 4 unspecified atom stereocenters. The summed E-state index contributed by atoms with van der Waals surface area (Å²) in [5.41, 5.74) is 0.278. The van der Waals surface area contributed by atoms with Gasteiger partial charge in [-0.05, 0) is 62.3 Å². The first-order valence-corrected chi connectivity index (χ1v) is 9.35. The molecule has 1 saturated carbocycles. The number of carboxylic acids is 2. The number of halogens is 2. The van der Waals surface area contributed by atoms with Crippen LogP contribution in [0.3, 0.4) is 0 Å². The zero-order valence-corrected chi connectivity index (χ0v) is 15.9. The fourth-order valence-corrected chi connectivity index (χ4v) is 5.44. The first-order valence-electron chi connectivity index (χ1n) is 8.09.